The zero-order chi connectivity index (χ0) is 22.5. The molecule has 4 aromatic rings. The van der Waals surface area contributed by atoms with Crippen LogP contribution in [0.25, 0.3) is 16.4 Å². The van der Waals surface area contributed by atoms with Crippen LogP contribution in [0.5, 0.6) is 5.75 Å². The van der Waals surface area contributed by atoms with Crippen molar-refractivity contribution in [3.63, 3.8) is 0 Å². The van der Waals surface area contributed by atoms with Crippen molar-refractivity contribution in [1.82, 2.24) is 14.8 Å². The first-order chi connectivity index (χ1) is 15.5. The van der Waals surface area contributed by atoms with E-state index in [1.165, 1.54) is 47.4 Å². The average molecular weight is 452 g/mol. The molecule has 1 amide bonds. The van der Waals surface area contributed by atoms with E-state index in [4.69, 9.17) is 9.47 Å². The van der Waals surface area contributed by atoms with Crippen LogP contribution < -0.4 is 10.1 Å². The Balaban J connectivity index is 1.50. The van der Waals surface area contributed by atoms with E-state index in [9.17, 15) is 14.0 Å². The first-order valence-corrected chi connectivity index (χ1v) is 10.3. The lowest BCUT2D eigenvalue weighted by atomic mass is 10.3. The van der Waals surface area contributed by atoms with Crippen molar-refractivity contribution in [3.8, 4) is 22.1 Å². The number of nitrogens with zero attached hydrogens (tertiary/aromatic N) is 3. The number of esters is 1. The third-order valence-electron chi connectivity index (χ3n) is 4.32. The van der Waals surface area contributed by atoms with Gasteiger partial charge in [0.15, 0.2) is 12.4 Å². The monoisotopic (exact) mass is 452 g/mol. The number of benzene rings is 2. The van der Waals surface area contributed by atoms with Gasteiger partial charge in [-0.3, -0.25) is 4.79 Å². The molecule has 1 N–H and O–H groups in total. The van der Waals surface area contributed by atoms with Gasteiger partial charge in [0.25, 0.3) is 11.7 Å². The maximum Gasteiger partial charge on any atom is 0.378 e. The molecule has 2 heterocycles. The Hall–Kier alpha value is -4.05. The van der Waals surface area contributed by atoms with Gasteiger partial charge in [0.05, 0.1) is 23.4 Å². The first-order valence-electron chi connectivity index (χ1n) is 9.42. The number of rotatable bonds is 7. The summed E-state index contributed by atoms with van der Waals surface area (Å²) in [5.74, 6) is -1.14. The molecule has 2 aromatic carbocycles. The number of methoxy groups -OCH3 is 1. The Morgan fingerprint density at radius 1 is 1.09 bits per heavy atom. The molecule has 0 radical (unpaired) electrons. The second-order valence-electron chi connectivity index (χ2n) is 6.45. The number of halogens is 1. The zero-order valence-corrected chi connectivity index (χ0v) is 17.6. The number of hydrogen-bond donors (Lipinski definition) is 1. The lowest BCUT2D eigenvalue weighted by molar-refractivity contribution is -0.119. The van der Waals surface area contributed by atoms with Crippen LogP contribution in [-0.4, -0.2) is 40.4 Å². The van der Waals surface area contributed by atoms with E-state index in [2.05, 4.69) is 15.4 Å². The van der Waals surface area contributed by atoms with Crippen LogP contribution in [0, 0.1) is 5.82 Å². The molecule has 0 saturated carbocycles. The summed E-state index contributed by atoms with van der Waals surface area (Å²) in [6.07, 6.45) is 0. The molecule has 0 unspecified atom stereocenters. The van der Waals surface area contributed by atoms with E-state index in [1.807, 2.05) is 17.5 Å². The zero-order valence-electron chi connectivity index (χ0n) is 16.8. The molecule has 0 aliphatic heterocycles. The fourth-order valence-electron chi connectivity index (χ4n) is 2.86. The van der Waals surface area contributed by atoms with Crippen molar-refractivity contribution < 1.29 is 23.5 Å². The molecule has 8 nitrogen and oxygen atoms in total. The number of ether oxygens (including phenoxy) is 2. The Kier molecular flexibility index (Phi) is 6.22. The summed E-state index contributed by atoms with van der Waals surface area (Å²) < 4.78 is 25.0. The second-order valence-corrected chi connectivity index (χ2v) is 7.40. The van der Waals surface area contributed by atoms with Gasteiger partial charge in [0.1, 0.15) is 11.6 Å². The van der Waals surface area contributed by atoms with E-state index in [0.717, 1.165) is 4.88 Å². The maximum atomic E-state index is 13.3. The number of nitrogens with one attached hydrogen (secondary N) is 1. The predicted octanol–water partition coefficient (Wildman–Crippen LogP) is 3.94. The van der Waals surface area contributed by atoms with Crippen LogP contribution in [-0.2, 0) is 9.53 Å². The largest absolute Gasteiger partial charge is 0.495 e. The number of carbonyl (C=O) groups is 2. The molecule has 2 aromatic heterocycles. The maximum absolute atomic E-state index is 13.3. The molecule has 0 spiro atoms. The standard InChI is InChI=1S/C22H17FN4O4S/c1-30-17-6-3-2-5-16(17)24-19(28)13-31-22(29)20-25-21(18-7-4-12-32-18)27(26-20)15-10-8-14(23)9-11-15/h2-12H,13H2,1H3,(H,24,28). The van der Waals surface area contributed by atoms with Crippen molar-refractivity contribution in [2.24, 2.45) is 0 Å². The molecular formula is C22H17FN4O4S. The van der Waals surface area contributed by atoms with Crippen LogP contribution in [0.15, 0.2) is 66.0 Å². The van der Waals surface area contributed by atoms with Gasteiger partial charge < -0.3 is 14.8 Å². The van der Waals surface area contributed by atoms with E-state index < -0.39 is 24.3 Å². The topological polar surface area (TPSA) is 95.3 Å². The number of anilines is 1. The molecule has 0 saturated heterocycles. The van der Waals surface area contributed by atoms with Crippen LogP contribution in [0.1, 0.15) is 10.6 Å². The smallest absolute Gasteiger partial charge is 0.378 e. The van der Waals surface area contributed by atoms with Gasteiger partial charge in [-0.05, 0) is 47.8 Å². The van der Waals surface area contributed by atoms with Gasteiger partial charge in [-0.25, -0.2) is 13.9 Å². The van der Waals surface area contributed by atoms with Crippen LogP contribution in [0.4, 0.5) is 10.1 Å². The fraction of sp³-hybridized carbons (Fsp3) is 0.0909. The lowest BCUT2D eigenvalue weighted by Crippen LogP contribution is -2.21. The summed E-state index contributed by atoms with van der Waals surface area (Å²) in [4.78, 5) is 29.8. The van der Waals surface area contributed by atoms with Crippen molar-refractivity contribution in [2.75, 3.05) is 19.0 Å². The predicted molar refractivity (Wildman–Crippen MR) is 117 cm³/mol. The third kappa shape index (κ3) is 4.65. The Labute approximate surface area is 186 Å². The van der Waals surface area contributed by atoms with E-state index in [-0.39, 0.29) is 5.82 Å². The molecule has 0 bridgehead atoms. The minimum atomic E-state index is -0.862. The van der Waals surface area contributed by atoms with Crippen molar-refractivity contribution in [3.05, 3.63) is 77.7 Å². The molecule has 162 valence electrons. The van der Waals surface area contributed by atoms with Crippen LogP contribution >= 0.6 is 11.3 Å². The number of amides is 1. The SMILES string of the molecule is COc1ccccc1NC(=O)COC(=O)c1nc(-c2cccs2)n(-c2ccc(F)cc2)n1. The minimum Gasteiger partial charge on any atom is -0.495 e. The number of aromatic nitrogens is 3. The second kappa shape index (κ2) is 9.40. The number of thiophene rings is 1. The highest BCUT2D eigenvalue weighted by Gasteiger charge is 2.21. The van der Waals surface area contributed by atoms with Gasteiger partial charge in [0.2, 0.25) is 0 Å². The van der Waals surface area contributed by atoms with Crippen molar-refractivity contribution in [1.29, 1.82) is 0 Å². The summed E-state index contributed by atoms with van der Waals surface area (Å²) in [5.41, 5.74) is 0.977. The fourth-order valence-corrected chi connectivity index (χ4v) is 3.55. The van der Waals surface area contributed by atoms with Gasteiger partial charge in [0, 0.05) is 0 Å². The lowest BCUT2D eigenvalue weighted by Gasteiger charge is -2.09. The summed E-state index contributed by atoms with van der Waals surface area (Å²) in [6.45, 7) is -0.531. The summed E-state index contributed by atoms with van der Waals surface area (Å²) >= 11 is 1.41. The molecule has 0 aliphatic rings. The molecular weight excluding hydrogens is 435 g/mol. The molecule has 4 rings (SSSR count). The highest BCUT2D eigenvalue weighted by atomic mass is 32.1. The Morgan fingerprint density at radius 3 is 2.59 bits per heavy atom. The average Bonchev–Trinajstić information content (AvgIpc) is 3.48. The summed E-state index contributed by atoms with van der Waals surface area (Å²) in [5, 5.41) is 8.70. The van der Waals surface area contributed by atoms with E-state index in [0.29, 0.717) is 22.9 Å². The van der Waals surface area contributed by atoms with Gasteiger partial charge in [-0.1, -0.05) is 18.2 Å². The third-order valence-corrected chi connectivity index (χ3v) is 5.18. The Morgan fingerprint density at radius 2 is 1.88 bits per heavy atom. The highest BCUT2D eigenvalue weighted by molar-refractivity contribution is 7.13. The molecule has 0 atom stereocenters. The van der Waals surface area contributed by atoms with Crippen LogP contribution in [0.3, 0.4) is 0 Å². The summed E-state index contributed by atoms with van der Waals surface area (Å²) in [6, 6.07) is 16.1. The molecule has 0 aliphatic carbocycles. The number of carbonyl (C=O) groups excluding carboxylic acids is 2. The number of para-hydroxylation sites is 2. The molecule has 32 heavy (non-hydrogen) atoms. The highest BCUT2D eigenvalue weighted by Crippen LogP contribution is 2.26. The van der Waals surface area contributed by atoms with Gasteiger partial charge in [-0.15, -0.1) is 16.4 Å². The van der Waals surface area contributed by atoms with Crippen LogP contribution in [0.2, 0.25) is 0 Å². The minimum absolute atomic E-state index is 0.220. The van der Waals surface area contributed by atoms with E-state index >= 15 is 0 Å². The van der Waals surface area contributed by atoms with Crippen molar-refractivity contribution >= 4 is 28.9 Å². The summed E-state index contributed by atoms with van der Waals surface area (Å²) in [7, 11) is 1.49. The van der Waals surface area contributed by atoms with Gasteiger partial charge >= 0.3 is 5.97 Å². The van der Waals surface area contributed by atoms with Gasteiger partial charge in [-0.2, -0.15) is 4.98 Å². The Bertz CT molecular complexity index is 1240. The van der Waals surface area contributed by atoms with E-state index in [1.54, 1.807) is 24.3 Å². The van der Waals surface area contributed by atoms with Crippen molar-refractivity contribution in [2.45, 2.75) is 0 Å². The number of hydrogen-bond acceptors (Lipinski definition) is 7. The first kappa shape index (κ1) is 21.2. The molecule has 0 fully saturated rings. The normalized spacial score (nSPS) is 10.6. The molecule has 10 heteroatoms. The quantitative estimate of drug-likeness (QED) is 0.427.